The molecule has 3 rings (SSSR count). The quantitative estimate of drug-likeness (QED) is 0.433. The maximum atomic E-state index is 13.0. The van der Waals surface area contributed by atoms with E-state index in [1.54, 1.807) is 10.7 Å². The highest BCUT2D eigenvalue weighted by Crippen LogP contribution is 2.29. The molecule has 3 aromatic rings. The molecule has 2 N–H and O–H groups in total. The lowest BCUT2D eigenvalue weighted by atomic mass is 9.92. The van der Waals surface area contributed by atoms with Crippen molar-refractivity contribution in [2.45, 2.75) is 46.5 Å². The number of hydrogen-bond acceptors (Lipinski definition) is 3. The Labute approximate surface area is 206 Å². The minimum atomic E-state index is -0.323. The van der Waals surface area contributed by atoms with Crippen molar-refractivity contribution in [2.75, 3.05) is 23.7 Å². The van der Waals surface area contributed by atoms with Gasteiger partial charge in [0, 0.05) is 23.7 Å². The van der Waals surface area contributed by atoms with Crippen molar-refractivity contribution in [1.82, 2.24) is 14.7 Å². The molecule has 0 radical (unpaired) electrons. The predicted molar refractivity (Wildman–Crippen MR) is 138 cm³/mol. The van der Waals surface area contributed by atoms with Gasteiger partial charge in [0.1, 0.15) is 12.4 Å². The number of nitrogens with one attached hydrogen (secondary N) is 2. The van der Waals surface area contributed by atoms with Crippen LogP contribution in [0.4, 0.5) is 16.3 Å². The number of aryl methyl sites for hydroxylation is 1. The lowest BCUT2D eigenvalue weighted by Gasteiger charge is -2.22. The van der Waals surface area contributed by atoms with E-state index in [1.807, 2.05) is 62.4 Å². The summed E-state index contributed by atoms with van der Waals surface area (Å²) in [7, 11) is 0. The Morgan fingerprint density at radius 2 is 1.74 bits per heavy atom. The minimum Gasteiger partial charge on any atom is -0.315 e. The van der Waals surface area contributed by atoms with Crippen LogP contribution < -0.4 is 10.6 Å². The molecule has 0 saturated carbocycles. The largest absolute Gasteiger partial charge is 0.322 e. The summed E-state index contributed by atoms with van der Waals surface area (Å²) < 4.78 is 1.64. The number of carbonyl (C=O) groups excluding carboxylic acids is 2. The first kappa shape index (κ1) is 25.3. The van der Waals surface area contributed by atoms with Gasteiger partial charge in [-0.3, -0.25) is 4.79 Å². The van der Waals surface area contributed by atoms with Gasteiger partial charge >= 0.3 is 6.03 Å². The highest BCUT2D eigenvalue weighted by atomic mass is 35.5. The Balaban J connectivity index is 1.80. The Kier molecular flexibility index (Phi) is 7.99. The third kappa shape index (κ3) is 6.38. The van der Waals surface area contributed by atoms with Crippen LogP contribution in [0.2, 0.25) is 5.02 Å². The van der Waals surface area contributed by atoms with Gasteiger partial charge in [0.25, 0.3) is 0 Å². The summed E-state index contributed by atoms with van der Waals surface area (Å²) in [5.74, 6) is 0.180. The fraction of sp³-hybridized carbons (Fsp3) is 0.346. The van der Waals surface area contributed by atoms with Crippen molar-refractivity contribution < 1.29 is 9.59 Å². The number of hydrogen-bond donors (Lipinski definition) is 2. The van der Waals surface area contributed by atoms with E-state index in [0.717, 1.165) is 17.7 Å². The monoisotopic (exact) mass is 481 g/mol. The summed E-state index contributed by atoms with van der Waals surface area (Å²) in [6, 6.07) is 16.4. The molecule has 1 aromatic heterocycles. The molecule has 0 saturated heterocycles. The predicted octanol–water partition coefficient (Wildman–Crippen LogP) is 6.01. The number of carbonyl (C=O) groups is 2. The van der Waals surface area contributed by atoms with Crippen LogP contribution in [0.3, 0.4) is 0 Å². The molecule has 2 aromatic carbocycles. The normalized spacial score (nSPS) is 11.2. The summed E-state index contributed by atoms with van der Waals surface area (Å²) in [5, 5.41) is 11.0. The van der Waals surface area contributed by atoms with E-state index in [9.17, 15) is 9.59 Å². The molecule has 0 atom stereocenters. The number of nitrogens with zero attached hydrogens (tertiary/aromatic N) is 3. The second-order valence-electron chi connectivity index (χ2n) is 9.29. The molecule has 3 amide bonds. The Morgan fingerprint density at radius 1 is 1.06 bits per heavy atom. The molecule has 7 nitrogen and oxygen atoms in total. The number of urea groups is 1. The fourth-order valence-corrected chi connectivity index (χ4v) is 3.58. The van der Waals surface area contributed by atoms with E-state index < -0.39 is 0 Å². The van der Waals surface area contributed by atoms with E-state index in [1.165, 1.54) is 4.90 Å². The maximum absolute atomic E-state index is 13.0. The highest BCUT2D eigenvalue weighted by molar-refractivity contribution is 6.32. The zero-order valence-electron chi connectivity index (χ0n) is 20.4. The van der Waals surface area contributed by atoms with Gasteiger partial charge in [-0.25, -0.2) is 9.48 Å². The lowest BCUT2D eigenvalue weighted by molar-refractivity contribution is -0.116. The molecular formula is C26H32ClN5O2. The van der Waals surface area contributed by atoms with Crippen molar-refractivity contribution in [2.24, 2.45) is 0 Å². The third-order valence-electron chi connectivity index (χ3n) is 5.24. The van der Waals surface area contributed by atoms with Crippen molar-refractivity contribution in [3.63, 3.8) is 0 Å². The van der Waals surface area contributed by atoms with Crippen LogP contribution >= 0.6 is 11.6 Å². The molecule has 1 heterocycles. The van der Waals surface area contributed by atoms with Gasteiger partial charge in [-0.15, -0.1) is 0 Å². The lowest BCUT2D eigenvalue weighted by Crippen LogP contribution is -2.41. The van der Waals surface area contributed by atoms with Crippen LogP contribution in [0, 0.1) is 6.92 Å². The molecule has 0 aliphatic heterocycles. The Morgan fingerprint density at radius 3 is 2.35 bits per heavy atom. The van der Waals surface area contributed by atoms with Gasteiger partial charge in [-0.1, -0.05) is 69.1 Å². The molecule has 34 heavy (non-hydrogen) atoms. The molecular weight excluding hydrogens is 450 g/mol. The Hall–Kier alpha value is -3.32. The van der Waals surface area contributed by atoms with Gasteiger partial charge in [0.15, 0.2) is 0 Å². The second kappa shape index (κ2) is 10.7. The standard InChI is InChI=1S/C26H32ClN5O2/c1-6-15-31(25(34)28-19-13-11-18(2)12-14-19)17-24(33)29-23-16-22(26(3,4)5)30-32(23)21-10-8-7-9-20(21)27/h7-14,16H,6,15,17H2,1-5H3,(H,28,34)(H,29,33). The van der Waals surface area contributed by atoms with E-state index in [-0.39, 0.29) is 23.9 Å². The van der Waals surface area contributed by atoms with Crippen molar-refractivity contribution in [3.8, 4) is 5.69 Å². The molecule has 0 aliphatic rings. The minimum absolute atomic E-state index is 0.0932. The zero-order valence-corrected chi connectivity index (χ0v) is 21.1. The number of para-hydroxylation sites is 1. The van der Waals surface area contributed by atoms with Crippen LogP contribution in [0.5, 0.6) is 0 Å². The first-order valence-electron chi connectivity index (χ1n) is 11.4. The van der Waals surface area contributed by atoms with Crippen LogP contribution in [-0.4, -0.2) is 39.7 Å². The molecule has 0 aliphatic carbocycles. The molecule has 0 spiro atoms. The number of anilines is 2. The fourth-order valence-electron chi connectivity index (χ4n) is 3.36. The van der Waals surface area contributed by atoms with Crippen molar-refractivity contribution in [3.05, 3.63) is 70.9 Å². The molecule has 180 valence electrons. The van der Waals surface area contributed by atoms with Crippen molar-refractivity contribution in [1.29, 1.82) is 0 Å². The third-order valence-corrected chi connectivity index (χ3v) is 5.56. The average molecular weight is 482 g/mol. The zero-order chi connectivity index (χ0) is 24.9. The highest BCUT2D eigenvalue weighted by Gasteiger charge is 2.23. The summed E-state index contributed by atoms with van der Waals surface area (Å²) in [6.07, 6.45) is 0.723. The second-order valence-corrected chi connectivity index (χ2v) is 9.70. The molecule has 8 heteroatoms. The molecule has 0 unspecified atom stereocenters. The van der Waals surface area contributed by atoms with Gasteiger partial charge in [-0.2, -0.15) is 5.10 Å². The summed E-state index contributed by atoms with van der Waals surface area (Å²) in [6.45, 7) is 10.5. The maximum Gasteiger partial charge on any atom is 0.322 e. The number of benzene rings is 2. The summed E-state index contributed by atoms with van der Waals surface area (Å²) >= 11 is 6.41. The summed E-state index contributed by atoms with van der Waals surface area (Å²) in [4.78, 5) is 27.4. The molecule has 0 fully saturated rings. The van der Waals surface area contributed by atoms with Crippen molar-refractivity contribution >= 4 is 35.0 Å². The van der Waals surface area contributed by atoms with Gasteiger partial charge in [0.2, 0.25) is 5.91 Å². The first-order chi connectivity index (χ1) is 16.1. The first-order valence-corrected chi connectivity index (χ1v) is 11.7. The van der Waals surface area contributed by atoms with Gasteiger partial charge in [0.05, 0.1) is 16.4 Å². The van der Waals surface area contributed by atoms with Gasteiger partial charge < -0.3 is 15.5 Å². The van der Waals surface area contributed by atoms with Crippen LogP contribution in [0.1, 0.15) is 45.4 Å². The van der Waals surface area contributed by atoms with Gasteiger partial charge in [-0.05, 0) is 37.6 Å². The van der Waals surface area contributed by atoms with E-state index >= 15 is 0 Å². The van der Waals surface area contributed by atoms with Crippen LogP contribution in [0.25, 0.3) is 5.69 Å². The number of amides is 3. The Bertz CT molecular complexity index is 1150. The smallest absolute Gasteiger partial charge is 0.315 e. The topological polar surface area (TPSA) is 79.3 Å². The van der Waals surface area contributed by atoms with E-state index in [4.69, 9.17) is 16.7 Å². The number of halogens is 1. The van der Waals surface area contributed by atoms with Crippen LogP contribution in [-0.2, 0) is 10.2 Å². The van der Waals surface area contributed by atoms with E-state index in [2.05, 4.69) is 31.4 Å². The van der Waals surface area contributed by atoms with E-state index in [0.29, 0.717) is 28.8 Å². The SMILES string of the molecule is CCCN(CC(=O)Nc1cc(C(C)(C)C)nn1-c1ccccc1Cl)C(=O)Nc1ccc(C)cc1. The van der Waals surface area contributed by atoms with Crippen LogP contribution in [0.15, 0.2) is 54.6 Å². The summed E-state index contributed by atoms with van der Waals surface area (Å²) in [5.41, 5.74) is 3.03. The molecule has 0 bridgehead atoms. The average Bonchev–Trinajstić information content (AvgIpc) is 3.19. The number of rotatable bonds is 7. The number of aromatic nitrogens is 2.